The fraction of sp³-hybridized carbons (Fsp3) is 0.333. The molecule has 1 aromatic heterocycles. The zero-order chi connectivity index (χ0) is 21.6. The minimum atomic E-state index is -0.0348. The molecule has 7 heteroatoms. The molecule has 0 radical (unpaired) electrons. The third kappa shape index (κ3) is 4.82. The zero-order valence-corrected chi connectivity index (χ0v) is 18.6. The van der Waals surface area contributed by atoms with Gasteiger partial charge in [-0.25, -0.2) is 4.98 Å². The summed E-state index contributed by atoms with van der Waals surface area (Å²) in [5.74, 6) is 1.70. The van der Waals surface area contributed by atoms with Crippen molar-refractivity contribution in [3.8, 4) is 17.2 Å². The summed E-state index contributed by atoms with van der Waals surface area (Å²) in [6.07, 6.45) is 3.84. The van der Waals surface area contributed by atoms with Crippen LogP contribution in [0.4, 0.5) is 0 Å². The van der Waals surface area contributed by atoms with Crippen LogP contribution >= 0.6 is 11.3 Å². The number of benzene rings is 2. The van der Waals surface area contributed by atoms with Gasteiger partial charge in [-0.05, 0) is 30.5 Å². The molecule has 4 rings (SSSR count). The lowest BCUT2D eigenvalue weighted by Gasteiger charge is -2.32. The van der Waals surface area contributed by atoms with E-state index in [1.165, 1.54) is 0 Å². The van der Waals surface area contributed by atoms with Crippen LogP contribution in [0.3, 0.4) is 0 Å². The molecule has 1 fully saturated rings. The number of amides is 1. The van der Waals surface area contributed by atoms with Crippen molar-refractivity contribution in [1.82, 2.24) is 9.88 Å². The van der Waals surface area contributed by atoms with E-state index in [-0.39, 0.29) is 11.8 Å². The number of rotatable bonds is 7. The van der Waals surface area contributed by atoms with Gasteiger partial charge < -0.3 is 19.1 Å². The highest BCUT2D eigenvalue weighted by atomic mass is 32.1. The van der Waals surface area contributed by atoms with Crippen molar-refractivity contribution in [2.45, 2.75) is 25.4 Å². The summed E-state index contributed by atoms with van der Waals surface area (Å²) in [5, 5.41) is 3.08. The third-order valence-electron chi connectivity index (χ3n) is 5.44. The van der Waals surface area contributed by atoms with E-state index in [0.29, 0.717) is 36.0 Å². The van der Waals surface area contributed by atoms with Gasteiger partial charge in [0, 0.05) is 36.1 Å². The van der Waals surface area contributed by atoms with Gasteiger partial charge in [-0.2, -0.15) is 0 Å². The summed E-state index contributed by atoms with van der Waals surface area (Å²) in [6.45, 7) is 1.78. The molecule has 0 aliphatic carbocycles. The van der Waals surface area contributed by atoms with Crippen LogP contribution in [0.2, 0.25) is 0 Å². The molecule has 1 aliphatic rings. The van der Waals surface area contributed by atoms with Crippen molar-refractivity contribution < 1.29 is 19.0 Å². The van der Waals surface area contributed by atoms with Crippen LogP contribution in [-0.4, -0.2) is 43.1 Å². The highest BCUT2D eigenvalue weighted by Crippen LogP contribution is 2.40. The second-order valence-corrected chi connectivity index (χ2v) is 8.37. The van der Waals surface area contributed by atoms with E-state index in [1.54, 1.807) is 37.7 Å². The second-order valence-electron chi connectivity index (χ2n) is 7.44. The van der Waals surface area contributed by atoms with Gasteiger partial charge in [-0.15, -0.1) is 11.3 Å². The summed E-state index contributed by atoms with van der Waals surface area (Å²) < 4.78 is 17.1. The number of aromatic nitrogens is 1. The number of thiazole rings is 1. The lowest BCUT2D eigenvalue weighted by Crippen LogP contribution is -2.39. The molecular formula is C24H26N2O4S. The van der Waals surface area contributed by atoms with Crippen molar-refractivity contribution in [2.75, 3.05) is 27.3 Å². The number of nitrogens with zero attached hydrogens (tertiary/aromatic N) is 2. The standard InChI is InChI=1S/C24H26N2O4S/c1-28-20-13-19(14-21(29-2)22(20)30-16-17-7-4-3-5-8-17)24(27)26-11-6-9-18(15-26)23-25-10-12-31-23/h3-5,7-8,10,12-14,18H,6,9,11,15-16H2,1-2H3. The topological polar surface area (TPSA) is 60.9 Å². The smallest absolute Gasteiger partial charge is 0.254 e. The fourth-order valence-electron chi connectivity index (χ4n) is 3.86. The fourth-order valence-corrected chi connectivity index (χ4v) is 4.62. The van der Waals surface area contributed by atoms with Gasteiger partial charge >= 0.3 is 0 Å². The molecule has 1 saturated heterocycles. The highest BCUT2D eigenvalue weighted by molar-refractivity contribution is 7.09. The van der Waals surface area contributed by atoms with E-state index in [9.17, 15) is 4.79 Å². The van der Waals surface area contributed by atoms with Crippen LogP contribution in [0, 0.1) is 0 Å². The van der Waals surface area contributed by atoms with Gasteiger partial charge in [0.05, 0.1) is 19.2 Å². The maximum absolute atomic E-state index is 13.3. The van der Waals surface area contributed by atoms with E-state index in [0.717, 1.165) is 30.0 Å². The normalized spacial score (nSPS) is 16.1. The first-order valence-electron chi connectivity index (χ1n) is 10.3. The van der Waals surface area contributed by atoms with Crippen LogP contribution in [0.15, 0.2) is 54.0 Å². The first-order chi connectivity index (χ1) is 15.2. The zero-order valence-electron chi connectivity index (χ0n) is 17.7. The molecule has 1 aliphatic heterocycles. The van der Waals surface area contributed by atoms with E-state index in [2.05, 4.69) is 4.98 Å². The average molecular weight is 439 g/mol. The number of methoxy groups -OCH3 is 2. The molecule has 6 nitrogen and oxygen atoms in total. The Hall–Kier alpha value is -3.06. The molecule has 0 N–H and O–H groups in total. The van der Waals surface area contributed by atoms with E-state index in [4.69, 9.17) is 14.2 Å². The van der Waals surface area contributed by atoms with E-state index in [1.807, 2.05) is 46.8 Å². The number of hydrogen-bond acceptors (Lipinski definition) is 6. The van der Waals surface area contributed by atoms with Crippen LogP contribution in [-0.2, 0) is 6.61 Å². The van der Waals surface area contributed by atoms with Crippen LogP contribution in [0.25, 0.3) is 0 Å². The minimum absolute atomic E-state index is 0.0348. The molecular weight excluding hydrogens is 412 g/mol. The van der Waals surface area contributed by atoms with Gasteiger partial charge in [-0.3, -0.25) is 4.79 Å². The molecule has 1 amide bonds. The maximum Gasteiger partial charge on any atom is 0.254 e. The summed E-state index contributed by atoms with van der Waals surface area (Å²) in [7, 11) is 3.13. The minimum Gasteiger partial charge on any atom is -0.493 e. The molecule has 31 heavy (non-hydrogen) atoms. The van der Waals surface area contributed by atoms with Gasteiger partial charge in [0.15, 0.2) is 11.5 Å². The molecule has 2 aromatic carbocycles. The van der Waals surface area contributed by atoms with Gasteiger partial charge in [0.1, 0.15) is 6.61 Å². The largest absolute Gasteiger partial charge is 0.493 e. The Kier molecular flexibility index (Phi) is 6.72. The Morgan fingerprint density at radius 3 is 2.55 bits per heavy atom. The lowest BCUT2D eigenvalue weighted by molar-refractivity contribution is 0.0706. The van der Waals surface area contributed by atoms with Gasteiger partial charge in [-0.1, -0.05) is 30.3 Å². The van der Waals surface area contributed by atoms with Gasteiger partial charge in [0.2, 0.25) is 5.75 Å². The number of ether oxygens (including phenoxy) is 3. The first-order valence-corrected chi connectivity index (χ1v) is 11.2. The molecule has 3 aromatic rings. The quantitative estimate of drug-likeness (QED) is 0.532. The summed E-state index contributed by atoms with van der Waals surface area (Å²) in [4.78, 5) is 19.6. The molecule has 162 valence electrons. The van der Waals surface area contributed by atoms with Crippen molar-refractivity contribution in [3.63, 3.8) is 0 Å². The lowest BCUT2D eigenvalue weighted by atomic mass is 9.98. The molecule has 1 unspecified atom stereocenters. The Labute approximate surface area is 186 Å². The van der Waals surface area contributed by atoms with E-state index >= 15 is 0 Å². The molecule has 2 heterocycles. The number of carbonyl (C=O) groups excluding carboxylic acids is 1. The number of likely N-dealkylation sites (tertiary alicyclic amines) is 1. The number of piperidine rings is 1. The maximum atomic E-state index is 13.3. The molecule has 1 atom stereocenters. The molecule has 0 saturated carbocycles. The van der Waals surface area contributed by atoms with Crippen LogP contribution < -0.4 is 14.2 Å². The highest BCUT2D eigenvalue weighted by Gasteiger charge is 2.28. The van der Waals surface area contributed by atoms with Crippen molar-refractivity contribution >= 4 is 17.2 Å². The predicted octanol–water partition coefficient (Wildman–Crippen LogP) is 4.76. The predicted molar refractivity (Wildman–Crippen MR) is 120 cm³/mol. The Morgan fingerprint density at radius 2 is 1.90 bits per heavy atom. The third-order valence-corrected chi connectivity index (χ3v) is 6.38. The summed E-state index contributed by atoms with van der Waals surface area (Å²) >= 11 is 1.65. The Bertz CT molecular complexity index is 983. The van der Waals surface area contributed by atoms with Crippen LogP contribution in [0.5, 0.6) is 17.2 Å². The average Bonchev–Trinajstić information content (AvgIpc) is 3.37. The van der Waals surface area contributed by atoms with E-state index < -0.39 is 0 Å². The second kappa shape index (κ2) is 9.83. The van der Waals surface area contributed by atoms with Crippen molar-refractivity contribution in [2.24, 2.45) is 0 Å². The van der Waals surface area contributed by atoms with Crippen LogP contribution in [0.1, 0.15) is 39.7 Å². The summed E-state index contributed by atoms with van der Waals surface area (Å²) in [6, 6.07) is 13.3. The SMILES string of the molecule is COc1cc(C(=O)N2CCCC(c3nccs3)C2)cc(OC)c1OCc1ccccc1. The Morgan fingerprint density at radius 1 is 1.16 bits per heavy atom. The molecule has 0 bridgehead atoms. The number of hydrogen-bond donors (Lipinski definition) is 0. The Balaban J connectivity index is 1.54. The monoisotopic (exact) mass is 438 g/mol. The molecule has 0 spiro atoms. The van der Waals surface area contributed by atoms with Crippen molar-refractivity contribution in [3.05, 3.63) is 70.2 Å². The van der Waals surface area contributed by atoms with Crippen molar-refractivity contribution in [1.29, 1.82) is 0 Å². The summed E-state index contributed by atoms with van der Waals surface area (Å²) in [5.41, 5.74) is 1.56. The van der Waals surface area contributed by atoms with Gasteiger partial charge in [0.25, 0.3) is 5.91 Å². The first kappa shape index (κ1) is 21.2. The number of carbonyl (C=O) groups is 1.